The summed E-state index contributed by atoms with van der Waals surface area (Å²) >= 11 is 0. The van der Waals surface area contributed by atoms with Gasteiger partial charge in [-0.2, -0.15) is 5.26 Å². The van der Waals surface area contributed by atoms with Gasteiger partial charge in [0.25, 0.3) is 5.91 Å². The van der Waals surface area contributed by atoms with Crippen LogP contribution < -0.4 is 15.4 Å². The van der Waals surface area contributed by atoms with Gasteiger partial charge in [0.15, 0.2) is 0 Å². The Kier molecular flexibility index (Phi) is 5.60. The smallest absolute Gasteiger partial charge is 0.258 e. The highest BCUT2D eigenvalue weighted by molar-refractivity contribution is 6.04. The lowest BCUT2D eigenvalue weighted by molar-refractivity contribution is 0.102. The van der Waals surface area contributed by atoms with Crippen molar-refractivity contribution < 1.29 is 9.53 Å². The number of para-hydroxylation sites is 1. The highest BCUT2D eigenvalue weighted by atomic mass is 16.5. The molecule has 0 bridgehead atoms. The van der Waals surface area contributed by atoms with Gasteiger partial charge in [0.1, 0.15) is 11.8 Å². The molecule has 0 saturated carbocycles. The highest BCUT2D eigenvalue weighted by Crippen LogP contribution is 2.18. The topological polar surface area (TPSA) is 99.9 Å². The van der Waals surface area contributed by atoms with E-state index in [0.717, 1.165) is 11.4 Å². The number of amides is 1. The maximum atomic E-state index is 12.3. The molecule has 0 unspecified atom stereocenters. The summed E-state index contributed by atoms with van der Waals surface area (Å²) in [6.45, 7) is 2.54. The molecule has 1 amide bonds. The number of anilines is 3. The van der Waals surface area contributed by atoms with Gasteiger partial charge < -0.3 is 15.4 Å². The van der Waals surface area contributed by atoms with Gasteiger partial charge in [0, 0.05) is 18.1 Å². The van der Waals surface area contributed by atoms with Crippen LogP contribution in [0.15, 0.2) is 60.9 Å². The molecule has 3 rings (SSSR count). The van der Waals surface area contributed by atoms with Crippen LogP contribution in [0.25, 0.3) is 0 Å². The van der Waals surface area contributed by atoms with E-state index in [9.17, 15) is 4.79 Å². The fraction of sp³-hybridized carbons (Fsp3) is 0.100. The summed E-state index contributed by atoms with van der Waals surface area (Å²) in [4.78, 5) is 20.6. The molecule has 0 aliphatic heterocycles. The predicted molar refractivity (Wildman–Crippen MR) is 102 cm³/mol. The van der Waals surface area contributed by atoms with Gasteiger partial charge in [-0.25, -0.2) is 9.97 Å². The van der Waals surface area contributed by atoms with Crippen LogP contribution in [0.1, 0.15) is 22.8 Å². The Morgan fingerprint density at radius 3 is 2.48 bits per heavy atom. The van der Waals surface area contributed by atoms with Crippen molar-refractivity contribution in [1.29, 1.82) is 5.26 Å². The largest absolute Gasteiger partial charge is 0.494 e. The Morgan fingerprint density at radius 1 is 1.11 bits per heavy atom. The zero-order valence-corrected chi connectivity index (χ0v) is 14.6. The van der Waals surface area contributed by atoms with Crippen molar-refractivity contribution in [3.8, 4) is 11.8 Å². The number of benzene rings is 2. The molecule has 3 aromatic rings. The van der Waals surface area contributed by atoms with Crippen molar-refractivity contribution in [3.05, 3.63) is 72.1 Å². The number of carbonyl (C=O) groups excluding carboxylic acids is 1. The van der Waals surface area contributed by atoms with E-state index in [2.05, 4.69) is 20.6 Å². The Morgan fingerprint density at radius 2 is 1.81 bits per heavy atom. The summed E-state index contributed by atoms with van der Waals surface area (Å²) in [5, 5.41) is 14.8. The first-order valence-corrected chi connectivity index (χ1v) is 8.32. The number of hydrogen-bond acceptors (Lipinski definition) is 6. The van der Waals surface area contributed by atoms with Gasteiger partial charge in [-0.05, 0) is 43.3 Å². The van der Waals surface area contributed by atoms with Crippen LogP contribution in [0, 0.1) is 11.3 Å². The minimum Gasteiger partial charge on any atom is -0.494 e. The van der Waals surface area contributed by atoms with Crippen molar-refractivity contribution in [2.24, 2.45) is 0 Å². The van der Waals surface area contributed by atoms with Crippen molar-refractivity contribution in [1.82, 2.24) is 9.97 Å². The third-order valence-electron chi connectivity index (χ3n) is 3.63. The predicted octanol–water partition coefficient (Wildman–Crippen LogP) is 3.74. The van der Waals surface area contributed by atoms with Gasteiger partial charge in [-0.3, -0.25) is 4.79 Å². The summed E-state index contributed by atoms with van der Waals surface area (Å²) in [6, 6.07) is 16.2. The van der Waals surface area contributed by atoms with Crippen LogP contribution in [-0.4, -0.2) is 22.5 Å². The molecule has 0 aliphatic rings. The lowest BCUT2D eigenvalue weighted by Crippen LogP contribution is -2.14. The number of nitrogens with zero attached hydrogens (tertiary/aromatic N) is 3. The molecule has 134 valence electrons. The molecule has 2 N–H and O–H groups in total. The molecule has 0 atom stereocenters. The molecule has 2 aromatic carbocycles. The van der Waals surface area contributed by atoms with Gasteiger partial charge in [0.2, 0.25) is 5.95 Å². The fourth-order valence-electron chi connectivity index (χ4n) is 2.32. The van der Waals surface area contributed by atoms with Gasteiger partial charge >= 0.3 is 0 Å². The van der Waals surface area contributed by atoms with Crippen molar-refractivity contribution in [3.63, 3.8) is 0 Å². The molecule has 0 radical (unpaired) electrons. The van der Waals surface area contributed by atoms with Gasteiger partial charge in [-0.15, -0.1) is 0 Å². The molecule has 0 fully saturated rings. The number of rotatable bonds is 6. The van der Waals surface area contributed by atoms with Crippen LogP contribution >= 0.6 is 0 Å². The standard InChI is InChI=1S/C20H17N5O2/c1-2-27-17-9-7-16(8-10-17)24-20-22-12-15(13-23-20)19(26)25-18-6-4-3-5-14(18)11-21/h3-10,12-13H,2H2,1H3,(H,25,26)(H,22,23,24). The third-order valence-corrected chi connectivity index (χ3v) is 3.63. The second-order valence-electron chi connectivity index (χ2n) is 5.49. The Bertz CT molecular complexity index is 963. The summed E-state index contributed by atoms with van der Waals surface area (Å²) in [5.74, 6) is 0.770. The number of hydrogen-bond donors (Lipinski definition) is 2. The number of nitriles is 1. The molecule has 0 saturated heterocycles. The van der Waals surface area contributed by atoms with E-state index in [0.29, 0.717) is 29.4 Å². The van der Waals surface area contributed by atoms with E-state index >= 15 is 0 Å². The Balaban J connectivity index is 1.66. The normalized spacial score (nSPS) is 9.93. The van der Waals surface area contributed by atoms with Crippen LogP contribution in [0.3, 0.4) is 0 Å². The Hall–Kier alpha value is -3.92. The van der Waals surface area contributed by atoms with Crippen molar-refractivity contribution in [2.75, 3.05) is 17.2 Å². The van der Waals surface area contributed by atoms with E-state index < -0.39 is 0 Å². The molecule has 0 spiro atoms. The van der Waals surface area contributed by atoms with Gasteiger partial charge in [-0.1, -0.05) is 12.1 Å². The Labute approximate surface area is 156 Å². The molecule has 0 aliphatic carbocycles. The van der Waals surface area contributed by atoms with Gasteiger partial charge in [0.05, 0.1) is 23.4 Å². The first-order valence-electron chi connectivity index (χ1n) is 8.32. The molecular formula is C20H17N5O2. The first-order chi connectivity index (χ1) is 13.2. The lowest BCUT2D eigenvalue weighted by Gasteiger charge is -2.08. The molecule has 27 heavy (non-hydrogen) atoms. The lowest BCUT2D eigenvalue weighted by atomic mass is 10.2. The number of carbonyl (C=O) groups is 1. The van der Waals surface area contributed by atoms with Crippen LogP contribution in [-0.2, 0) is 0 Å². The minimum atomic E-state index is -0.384. The summed E-state index contributed by atoms with van der Waals surface area (Å²) < 4.78 is 5.39. The summed E-state index contributed by atoms with van der Waals surface area (Å²) in [6.07, 6.45) is 2.85. The van der Waals surface area contributed by atoms with Crippen LogP contribution in [0.5, 0.6) is 5.75 Å². The second-order valence-corrected chi connectivity index (χ2v) is 5.49. The molecular weight excluding hydrogens is 342 g/mol. The molecule has 7 nitrogen and oxygen atoms in total. The van der Waals surface area contributed by atoms with Crippen molar-refractivity contribution >= 4 is 23.2 Å². The second kappa shape index (κ2) is 8.45. The number of aromatic nitrogens is 2. The average molecular weight is 359 g/mol. The monoisotopic (exact) mass is 359 g/mol. The fourth-order valence-corrected chi connectivity index (χ4v) is 2.32. The highest BCUT2D eigenvalue weighted by Gasteiger charge is 2.10. The van der Waals surface area contributed by atoms with Crippen LogP contribution in [0.2, 0.25) is 0 Å². The maximum Gasteiger partial charge on any atom is 0.258 e. The summed E-state index contributed by atoms with van der Waals surface area (Å²) in [7, 11) is 0. The minimum absolute atomic E-state index is 0.292. The summed E-state index contributed by atoms with van der Waals surface area (Å²) in [5.41, 5.74) is 1.93. The van der Waals surface area contributed by atoms with E-state index in [4.69, 9.17) is 10.00 Å². The zero-order valence-electron chi connectivity index (χ0n) is 14.6. The van der Waals surface area contributed by atoms with E-state index in [1.54, 1.807) is 24.3 Å². The molecule has 7 heteroatoms. The number of ether oxygens (including phenoxy) is 1. The quantitative estimate of drug-likeness (QED) is 0.695. The zero-order chi connectivity index (χ0) is 19.1. The SMILES string of the molecule is CCOc1ccc(Nc2ncc(C(=O)Nc3ccccc3C#N)cn2)cc1. The van der Waals surface area contributed by atoms with Crippen molar-refractivity contribution in [2.45, 2.75) is 6.92 Å². The van der Waals surface area contributed by atoms with Crippen LogP contribution in [0.4, 0.5) is 17.3 Å². The number of nitrogens with one attached hydrogen (secondary N) is 2. The van der Waals surface area contributed by atoms with E-state index in [-0.39, 0.29) is 5.91 Å². The first kappa shape index (κ1) is 17.9. The van der Waals surface area contributed by atoms with E-state index in [1.165, 1.54) is 12.4 Å². The third kappa shape index (κ3) is 4.58. The average Bonchev–Trinajstić information content (AvgIpc) is 2.70. The molecule has 1 heterocycles. The molecule has 1 aromatic heterocycles. The van der Waals surface area contributed by atoms with E-state index in [1.807, 2.05) is 37.3 Å². The maximum absolute atomic E-state index is 12.3.